The highest BCUT2D eigenvalue weighted by Gasteiger charge is 2.22. The summed E-state index contributed by atoms with van der Waals surface area (Å²) in [5.41, 5.74) is 0.482. The number of methoxy groups -OCH3 is 1. The number of amides is 1. The van der Waals surface area contributed by atoms with Crippen LogP contribution in [0.4, 0.5) is 5.69 Å². The Morgan fingerprint density at radius 1 is 1.17 bits per heavy atom. The van der Waals surface area contributed by atoms with Crippen molar-refractivity contribution >= 4 is 50.1 Å². The van der Waals surface area contributed by atoms with Crippen molar-refractivity contribution in [3.63, 3.8) is 0 Å². The van der Waals surface area contributed by atoms with Gasteiger partial charge in [-0.3, -0.25) is 4.79 Å². The molecule has 1 aliphatic heterocycles. The zero-order valence-corrected chi connectivity index (χ0v) is 24.8. The summed E-state index contributed by atoms with van der Waals surface area (Å²) in [6, 6.07) is 7.50. The van der Waals surface area contributed by atoms with Crippen LogP contribution in [-0.4, -0.2) is 61.9 Å². The molecule has 222 valence electrons. The molecule has 0 aliphatic carbocycles. The lowest BCUT2D eigenvalue weighted by Crippen LogP contribution is -2.34. The van der Waals surface area contributed by atoms with E-state index >= 15 is 0 Å². The zero-order chi connectivity index (χ0) is 29.8. The Morgan fingerprint density at radius 3 is 2.63 bits per heavy atom. The number of fused-ring (bicyclic) bond motifs is 1. The Bertz CT molecular complexity index is 1530. The lowest BCUT2D eigenvalue weighted by molar-refractivity contribution is -0.157. The number of benzene rings is 2. The number of ether oxygens (including phenoxy) is 4. The first-order valence-electron chi connectivity index (χ1n) is 13.0. The SMILES string of the molecule is COc1cc(C(=O)NS(=O)(=O)CNc2ccc3c(cnn3C3CCCCO3)c2Cl)ccc1OCC(=O)OC(C)(C)C. The molecule has 12 nitrogen and oxygen atoms in total. The molecule has 3 aromatic rings. The Kier molecular flexibility index (Phi) is 9.30. The van der Waals surface area contributed by atoms with Gasteiger partial charge in [0.1, 0.15) is 11.5 Å². The highest BCUT2D eigenvalue weighted by atomic mass is 35.5. The molecule has 1 aliphatic rings. The molecule has 0 spiro atoms. The lowest BCUT2D eigenvalue weighted by Gasteiger charge is -2.23. The van der Waals surface area contributed by atoms with E-state index in [-0.39, 0.29) is 29.9 Å². The van der Waals surface area contributed by atoms with Gasteiger partial charge in [0.2, 0.25) is 0 Å². The van der Waals surface area contributed by atoms with Gasteiger partial charge in [0.05, 0.1) is 29.5 Å². The Labute approximate surface area is 243 Å². The number of anilines is 1. The van der Waals surface area contributed by atoms with Gasteiger partial charge >= 0.3 is 5.97 Å². The first-order chi connectivity index (χ1) is 19.4. The summed E-state index contributed by atoms with van der Waals surface area (Å²) in [5.74, 6) is -1.75. The number of carbonyl (C=O) groups is 2. The number of nitrogens with zero attached hydrogens (tertiary/aromatic N) is 2. The van der Waals surface area contributed by atoms with Gasteiger partial charge in [0.15, 0.2) is 24.3 Å². The van der Waals surface area contributed by atoms with E-state index in [1.54, 1.807) is 43.8 Å². The van der Waals surface area contributed by atoms with Crippen LogP contribution in [-0.2, 0) is 24.3 Å². The van der Waals surface area contributed by atoms with E-state index in [1.165, 1.54) is 25.3 Å². The van der Waals surface area contributed by atoms with Gasteiger partial charge in [-0.1, -0.05) is 11.6 Å². The van der Waals surface area contributed by atoms with Crippen molar-refractivity contribution in [2.75, 3.05) is 31.5 Å². The summed E-state index contributed by atoms with van der Waals surface area (Å²) in [7, 11) is -2.77. The fourth-order valence-electron chi connectivity index (χ4n) is 4.21. The number of carbonyl (C=O) groups excluding carboxylic acids is 2. The standard InChI is InChI=1S/C27H33ClN4O8S/c1-27(2,3)40-24(33)15-39-21-11-8-17(13-22(21)37-4)26(34)31-41(35,36)16-29-19-9-10-20-18(25(19)28)14-30-32(20)23-7-5-6-12-38-23/h8-11,13-14,23,29H,5-7,12,15-16H2,1-4H3,(H,31,34). The minimum atomic E-state index is -4.12. The highest BCUT2D eigenvalue weighted by Crippen LogP contribution is 2.34. The minimum absolute atomic E-state index is 0.00633. The second kappa shape index (κ2) is 12.5. The largest absolute Gasteiger partial charge is 0.493 e. The molecule has 2 N–H and O–H groups in total. The Balaban J connectivity index is 1.38. The molecule has 1 fully saturated rings. The summed E-state index contributed by atoms with van der Waals surface area (Å²) in [4.78, 5) is 24.7. The molecular formula is C27H33ClN4O8S. The predicted octanol–water partition coefficient (Wildman–Crippen LogP) is 4.25. The fourth-order valence-corrected chi connectivity index (χ4v) is 5.31. The van der Waals surface area contributed by atoms with E-state index in [2.05, 4.69) is 10.4 Å². The molecule has 41 heavy (non-hydrogen) atoms. The van der Waals surface area contributed by atoms with E-state index in [1.807, 2.05) is 4.72 Å². The van der Waals surface area contributed by atoms with Gasteiger partial charge < -0.3 is 24.3 Å². The maximum Gasteiger partial charge on any atom is 0.344 e. The number of nitrogens with one attached hydrogen (secondary N) is 2. The van der Waals surface area contributed by atoms with Gasteiger partial charge in [-0.25, -0.2) is 22.6 Å². The molecular weight excluding hydrogens is 576 g/mol. The van der Waals surface area contributed by atoms with Crippen LogP contribution in [0.5, 0.6) is 11.5 Å². The number of aromatic nitrogens is 2. The molecule has 0 bridgehead atoms. The smallest absolute Gasteiger partial charge is 0.344 e. The number of sulfonamides is 1. The van der Waals surface area contributed by atoms with E-state index in [4.69, 9.17) is 30.5 Å². The van der Waals surface area contributed by atoms with Crippen molar-refractivity contribution in [2.24, 2.45) is 0 Å². The molecule has 1 atom stereocenters. The van der Waals surface area contributed by atoms with Gasteiger partial charge in [-0.05, 0) is 70.4 Å². The third-order valence-electron chi connectivity index (χ3n) is 6.04. The first-order valence-corrected chi connectivity index (χ1v) is 15.0. The van der Waals surface area contributed by atoms with Gasteiger partial charge in [-0.2, -0.15) is 5.10 Å². The average Bonchev–Trinajstić information content (AvgIpc) is 3.36. The number of hydrogen-bond acceptors (Lipinski definition) is 10. The average molecular weight is 609 g/mol. The zero-order valence-electron chi connectivity index (χ0n) is 23.2. The van der Waals surface area contributed by atoms with E-state index < -0.39 is 33.4 Å². The third kappa shape index (κ3) is 7.80. The molecule has 1 amide bonds. The van der Waals surface area contributed by atoms with Crippen LogP contribution in [0, 0.1) is 0 Å². The first kappa shape index (κ1) is 30.4. The predicted molar refractivity (Wildman–Crippen MR) is 153 cm³/mol. The molecule has 2 aromatic carbocycles. The summed E-state index contributed by atoms with van der Waals surface area (Å²) < 4.78 is 50.9. The summed E-state index contributed by atoms with van der Waals surface area (Å²) in [6.45, 7) is 5.50. The van der Waals surface area contributed by atoms with Crippen LogP contribution < -0.4 is 19.5 Å². The van der Waals surface area contributed by atoms with Gasteiger partial charge in [-0.15, -0.1) is 0 Å². The number of esters is 1. The molecule has 14 heteroatoms. The van der Waals surface area contributed by atoms with Crippen LogP contribution >= 0.6 is 11.6 Å². The normalized spacial score (nSPS) is 15.8. The Morgan fingerprint density at radius 2 is 1.95 bits per heavy atom. The van der Waals surface area contributed by atoms with Gasteiger partial charge in [0, 0.05) is 17.6 Å². The van der Waals surface area contributed by atoms with E-state index in [0.29, 0.717) is 22.7 Å². The van der Waals surface area contributed by atoms with Crippen molar-refractivity contribution in [3.8, 4) is 11.5 Å². The van der Waals surface area contributed by atoms with Crippen molar-refractivity contribution in [2.45, 2.75) is 51.9 Å². The van der Waals surface area contributed by atoms with Crippen molar-refractivity contribution in [3.05, 3.63) is 47.1 Å². The maximum atomic E-state index is 12.7. The summed E-state index contributed by atoms with van der Waals surface area (Å²) >= 11 is 6.56. The lowest BCUT2D eigenvalue weighted by atomic mass is 10.2. The third-order valence-corrected chi connectivity index (χ3v) is 7.46. The number of rotatable bonds is 10. The van der Waals surface area contributed by atoms with Crippen LogP contribution in [0.1, 0.15) is 56.6 Å². The maximum absolute atomic E-state index is 12.7. The van der Waals surface area contributed by atoms with Crippen LogP contribution in [0.25, 0.3) is 10.9 Å². The quantitative estimate of drug-likeness (QED) is 0.320. The second-order valence-corrected chi connectivity index (χ2v) is 12.5. The molecule has 1 unspecified atom stereocenters. The van der Waals surface area contributed by atoms with Crippen molar-refractivity contribution in [1.82, 2.24) is 14.5 Å². The number of hydrogen-bond donors (Lipinski definition) is 2. The van der Waals surface area contributed by atoms with E-state index in [0.717, 1.165) is 24.8 Å². The minimum Gasteiger partial charge on any atom is -0.493 e. The van der Waals surface area contributed by atoms with Crippen LogP contribution in [0.15, 0.2) is 36.5 Å². The molecule has 0 radical (unpaired) electrons. The van der Waals surface area contributed by atoms with Crippen LogP contribution in [0.2, 0.25) is 5.02 Å². The molecule has 4 rings (SSSR count). The topological polar surface area (TPSA) is 147 Å². The van der Waals surface area contributed by atoms with E-state index in [9.17, 15) is 18.0 Å². The highest BCUT2D eigenvalue weighted by molar-refractivity contribution is 7.90. The fraction of sp³-hybridized carbons (Fsp3) is 0.444. The molecule has 1 saturated heterocycles. The van der Waals surface area contributed by atoms with Gasteiger partial charge in [0.25, 0.3) is 15.9 Å². The molecule has 0 saturated carbocycles. The second-order valence-electron chi connectivity index (χ2n) is 10.4. The van der Waals surface area contributed by atoms with Crippen LogP contribution in [0.3, 0.4) is 0 Å². The monoisotopic (exact) mass is 608 g/mol. The molecule has 1 aromatic heterocycles. The number of halogens is 1. The Hall–Kier alpha value is -3.55. The summed E-state index contributed by atoms with van der Waals surface area (Å²) in [6.07, 6.45) is 4.35. The van der Waals surface area contributed by atoms with Crippen molar-refractivity contribution < 1.29 is 37.0 Å². The summed E-state index contributed by atoms with van der Waals surface area (Å²) in [5, 5.41) is 8.14. The molecule has 2 heterocycles. The van der Waals surface area contributed by atoms with Crippen molar-refractivity contribution in [1.29, 1.82) is 0 Å².